The van der Waals surface area contributed by atoms with Gasteiger partial charge in [0.2, 0.25) is 5.82 Å². The molecule has 2 rings (SSSR count). The van der Waals surface area contributed by atoms with Gasteiger partial charge in [0.25, 0.3) is 0 Å². The van der Waals surface area contributed by atoms with Crippen LogP contribution in [0.25, 0.3) is 11.4 Å². The Morgan fingerprint density at radius 2 is 1.71 bits per heavy atom. The number of halogens is 3. The minimum Gasteiger partial charge on any atom is -0.321 e. The summed E-state index contributed by atoms with van der Waals surface area (Å²) in [6.07, 6.45) is 0. The van der Waals surface area contributed by atoms with Crippen LogP contribution in [0.3, 0.4) is 0 Å². The van der Waals surface area contributed by atoms with Crippen molar-refractivity contribution in [3.63, 3.8) is 0 Å². The molecular weight excluding hydrogens is 246 g/mol. The lowest BCUT2D eigenvalue weighted by Gasteiger charge is -2.00. The zero-order valence-corrected chi connectivity index (χ0v) is 8.94. The largest absolute Gasteiger partial charge is 0.321 e. The van der Waals surface area contributed by atoms with Gasteiger partial charge in [0, 0.05) is 0 Å². The van der Waals surface area contributed by atoms with Gasteiger partial charge in [-0.05, 0) is 23.7 Å². The molecule has 1 aromatic carbocycles. The topological polar surface area (TPSA) is 38.9 Å². The van der Waals surface area contributed by atoms with Crippen molar-refractivity contribution in [1.82, 2.24) is 10.1 Å². The second-order valence-corrected chi connectivity index (χ2v) is 3.61. The van der Waals surface area contributed by atoms with E-state index in [0.29, 0.717) is 15.6 Å². The van der Waals surface area contributed by atoms with Crippen molar-refractivity contribution in [3.05, 3.63) is 33.6 Å². The van der Waals surface area contributed by atoms with Crippen LogP contribution in [0.5, 0.6) is 0 Å². The van der Waals surface area contributed by atoms with Crippen LogP contribution in [0.15, 0.2) is 22.7 Å². The summed E-state index contributed by atoms with van der Waals surface area (Å²) in [7, 11) is 0. The summed E-state index contributed by atoms with van der Waals surface area (Å²) in [5.41, 5.74) is 0.520. The van der Waals surface area contributed by atoms with Gasteiger partial charge in [-0.15, -0.1) is 0 Å². The van der Waals surface area contributed by atoms with Crippen LogP contribution in [-0.2, 0) is 0 Å². The molecule has 0 unspecified atom stereocenters. The van der Waals surface area contributed by atoms with E-state index in [2.05, 4.69) is 14.7 Å². The Balaban J connectivity index is 2.61. The van der Waals surface area contributed by atoms with Crippen LogP contribution in [0, 0.1) is 0 Å². The van der Waals surface area contributed by atoms with Crippen LogP contribution >= 0.6 is 34.8 Å². The molecule has 0 aliphatic rings. The van der Waals surface area contributed by atoms with E-state index in [1.807, 2.05) is 0 Å². The molecule has 0 bridgehead atoms. The fourth-order valence-electron chi connectivity index (χ4n) is 1.02. The van der Waals surface area contributed by atoms with Gasteiger partial charge in [0.1, 0.15) is 0 Å². The Morgan fingerprint density at radius 1 is 1.07 bits per heavy atom. The van der Waals surface area contributed by atoms with E-state index in [-0.39, 0.29) is 11.2 Å². The summed E-state index contributed by atoms with van der Waals surface area (Å²) in [6, 6.07) is 5.11. The Morgan fingerprint density at radius 3 is 2.21 bits per heavy atom. The molecule has 1 aromatic heterocycles. The summed E-state index contributed by atoms with van der Waals surface area (Å²) in [5.74, 6) is 0.283. The van der Waals surface area contributed by atoms with Gasteiger partial charge in [-0.2, -0.15) is 4.98 Å². The van der Waals surface area contributed by atoms with Crippen LogP contribution in [0.2, 0.25) is 15.4 Å². The highest BCUT2D eigenvalue weighted by molar-refractivity contribution is 6.39. The molecule has 6 heteroatoms. The van der Waals surface area contributed by atoms with Gasteiger partial charge in [-0.25, -0.2) is 0 Å². The predicted octanol–water partition coefficient (Wildman–Crippen LogP) is 3.70. The summed E-state index contributed by atoms with van der Waals surface area (Å²) < 4.78 is 4.62. The molecule has 72 valence electrons. The molecule has 0 saturated heterocycles. The molecule has 0 spiro atoms. The lowest BCUT2D eigenvalue weighted by Crippen LogP contribution is -1.83. The zero-order valence-electron chi connectivity index (χ0n) is 6.67. The maximum absolute atomic E-state index is 5.92. The molecule has 0 amide bonds. The maximum Gasteiger partial charge on any atom is 0.320 e. The zero-order chi connectivity index (χ0) is 10.1. The van der Waals surface area contributed by atoms with Crippen molar-refractivity contribution in [2.45, 2.75) is 0 Å². The molecule has 3 nitrogen and oxygen atoms in total. The van der Waals surface area contributed by atoms with E-state index >= 15 is 0 Å². The first kappa shape index (κ1) is 9.77. The average Bonchev–Trinajstić information content (AvgIpc) is 2.51. The second-order valence-electron chi connectivity index (χ2n) is 2.47. The first-order valence-corrected chi connectivity index (χ1v) is 4.75. The van der Waals surface area contributed by atoms with Crippen molar-refractivity contribution in [2.24, 2.45) is 0 Å². The third-order valence-corrected chi connectivity index (χ3v) is 2.37. The maximum atomic E-state index is 5.92. The average molecular weight is 249 g/mol. The van der Waals surface area contributed by atoms with Crippen LogP contribution < -0.4 is 0 Å². The van der Waals surface area contributed by atoms with Crippen molar-refractivity contribution >= 4 is 34.8 Å². The number of rotatable bonds is 1. The van der Waals surface area contributed by atoms with Crippen LogP contribution in [0.4, 0.5) is 0 Å². The molecule has 0 radical (unpaired) electrons. The Kier molecular flexibility index (Phi) is 2.63. The quantitative estimate of drug-likeness (QED) is 0.773. The molecule has 0 aliphatic carbocycles. The minimum absolute atomic E-state index is 0.0454. The summed E-state index contributed by atoms with van der Waals surface area (Å²) in [5, 5.41) is 4.48. The van der Waals surface area contributed by atoms with Crippen molar-refractivity contribution in [1.29, 1.82) is 0 Å². The van der Waals surface area contributed by atoms with E-state index in [0.717, 1.165) is 0 Å². The normalized spacial score (nSPS) is 10.5. The van der Waals surface area contributed by atoms with Crippen LogP contribution in [-0.4, -0.2) is 10.1 Å². The van der Waals surface area contributed by atoms with Gasteiger partial charge in [0.15, 0.2) is 0 Å². The Hall–Kier alpha value is -0.770. The molecule has 0 saturated carbocycles. The van der Waals surface area contributed by atoms with Crippen molar-refractivity contribution < 1.29 is 4.52 Å². The first-order chi connectivity index (χ1) is 6.68. The Labute approximate surface area is 94.6 Å². The molecule has 2 aromatic rings. The third kappa shape index (κ3) is 1.71. The smallest absolute Gasteiger partial charge is 0.320 e. The van der Waals surface area contributed by atoms with E-state index in [1.54, 1.807) is 18.2 Å². The van der Waals surface area contributed by atoms with Gasteiger partial charge >= 0.3 is 5.35 Å². The van der Waals surface area contributed by atoms with Crippen molar-refractivity contribution in [2.75, 3.05) is 0 Å². The van der Waals surface area contributed by atoms with E-state index in [4.69, 9.17) is 34.8 Å². The number of hydrogen-bond donors (Lipinski definition) is 0. The fraction of sp³-hybridized carbons (Fsp3) is 0. The highest BCUT2D eigenvalue weighted by atomic mass is 35.5. The monoisotopic (exact) mass is 248 g/mol. The molecule has 0 N–H and O–H groups in total. The van der Waals surface area contributed by atoms with E-state index < -0.39 is 0 Å². The minimum atomic E-state index is -0.0454. The highest BCUT2D eigenvalue weighted by Gasteiger charge is 2.13. The van der Waals surface area contributed by atoms with Gasteiger partial charge in [-0.3, -0.25) is 0 Å². The molecule has 1 heterocycles. The molecule has 0 fully saturated rings. The summed E-state index contributed by atoms with van der Waals surface area (Å²) in [6.45, 7) is 0. The van der Waals surface area contributed by atoms with E-state index in [1.165, 1.54) is 0 Å². The van der Waals surface area contributed by atoms with Crippen LogP contribution in [0.1, 0.15) is 0 Å². The molecule has 0 atom stereocenters. The van der Waals surface area contributed by atoms with Gasteiger partial charge in [0.05, 0.1) is 15.6 Å². The summed E-state index contributed by atoms with van der Waals surface area (Å²) >= 11 is 17.3. The number of benzene rings is 1. The Bertz CT molecular complexity index is 449. The number of nitrogens with zero attached hydrogens (tertiary/aromatic N) is 2. The fourth-order valence-corrected chi connectivity index (χ4v) is 1.70. The standard InChI is InChI=1S/C8H3Cl3N2O/c9-4-2-1-3-5(10)6(4)7-12-8(11)14-13-7/h1-3H. The van der Waals surface area contributed by atoms with Crippen molar-refractivity contribution in [3.8, 4) is 11.4 Å². The number of hydrogen-bond acceptors (Lipinski definition) is 3. The molecular formula is C8H3Cl3N2O. The lowest BCUT2D eigenvalue weighted by molar-refractivity contribution is 0.421. The van der Waals surface area contributed by atoms with Gasteiger partial charge < -0.3 is 4.52 Å². The molecule has 0 aliphatic heterocycles. The second kappa shape index (κ2) is 3.77. The highest BCUT2D eigenvalue weighted by Crippen LogP contribution is 2.32. The third-order valence-electron chi connectivity index (χ3n) is 1.59. The van der Waals surface area contributed by atoms with Gasteiger partial charge in [-0.1, -0.05) is 34.4 Å². The number of aromatic nitrogens is 2. The SMILES string of the molecule is Clc1nc(-c2c(Cl)cccc2Cl)no1. The first-order valence-electron chi connectivity index (χ1n) is 3.62. The lowest BCUT2D eigenvalue weighted by atomic mass is 10.2. The molecule has 14 heavy (non-hydrogen) atoms. The summed E-state index contributed by atoms with van der Waals surface area (Å²) in [4.78, 5) is 3.82. The predicted molar refractivity (Wildman–Crippen MR) is 54.8 cm³/mol. The van der Waals surface area contributed by atoms with E-state index in [9.17, 15) is 0 Å².